The molecule has 50 heavy (non-hydrogen) atoms. The maximum absolute atomic E-state index is 13.3. The Bertz CT molecular complexity index is 1600. The summed E-state index contributed by atoms with van der Waals surface area (Å²) in [6, 6.07) is 2.37. The second kappa shape index (κ2) is 15.8. The number of ether oxygens (including phenoxy) is 3. The number of aliphatic hydroxyl groups excluding tert-OH is 1. The van der Waals surface area contributed by atoms with Gasteiger partial charge in [0.25, 0.3) is 0 Å². The minimum atomic E-state index is -1.28. The Hall–Kier alpha value is -1.64. The average Bonchev–Trinajstić information content (AvgIpc) is 3.70. The number of hydrogen-bond acceptors (Lipinski definition) is 10. The summed E-state index contributed by atoms with van der Waals surface area (Å²) in [6.45, 7) is 23.8. The molecular formula is C35H57IN6O5SSi2. The number of hydrogen-bond donors (Lipinski definition) is 1. The molecule has 1 unspecified atom stereocenters. The summed E-state index contributed by atoms with van der Waals surface area (Å²) < 4.78 is 21.6. The third kappa shape index (κ3) is 9.86. The summed E-state index contributed by atoms with van der Waals surface area (Å²) in [6.07, 6.45) is 6.38. The first-order valence-electron chi connectivity index (χ1n) is 17.9. The summed E-state index contributed by atoms with van der Waals surface area (Å²) in [5.41, 5.74) is 2.10. The lowest BCUT2D eigenvalue weighted by Gasteiger charge is -2.39. The van der Waals surface area contributed by atoms with Crippen molar-refractivity contribution in [3.05, 3.63) is 26.7 Å². The Balaban J connectivity index is 1.55. The van der Waals surface area contributed by atoms with Crippen LogP contribution in [0, 0.1) is 3.57 Å². The largest absolute Gasteiger partial charge is 0.444 e. The second-order valence-electron chi connectivity index (χ2n) is 17.3. The molecule has 3 aromatic heterocycles. The van der Waals surface area contributed by atoms with E-state index in [9.17, 15) is 9.90 Å². The second-order valence-corrected chi connectivity index (χ2v) is 30.7. The predicted octanol–water partition coefficient (Wildman–Crippen LogP) is 8.59. The molecule has 4 atom stereocenters. The molecule has 0 spiro atoms. The molecular weight excluding hydrogens is 800 g/mol. The van der Waals surface area contributed by atoms with Crippen molar-refractivity contribution in [2.45, 2.75) is 134 Å². The number of fused-ring (bicyclic) bond motifs is 3. The number of aromatic nitrogens is 4. The quantitative estimate of drug-likeness (QED) is 0.0738. The highest BCUT2D eigenvalue weighted by molar-refractivity contribution is 14.1. The van der Waals surface area contributed by atoms with Gasteiger partial charge in [0, 0.05) is 53.6 Å². The van der Waals surface area contributed by atoms with Crippen LogP contribution in [0.4, 0.5) is 10.6 Å². The number of aliphatic hydroxyl groups is 1. The highest BCUT2D eigenvalue weighted by Crippen LogP contribution is 2.46. The molecule has 1 N–H and O–H groups in total. The van der Waals surface area contributed by atoms with Crippen LogP contribution in [-0.4, -0.2) is 96.2 Å². The van der Waals surface area contributed by atoms with Crippen LogP contribution in [0.2, 0.25) is 51.4 Å². The first kappa shape index (κ1) is 39.6. The Morgan fingerprint density at radius 3 is 2.12 bits per heavy atom. The maximum Gasteiger partial charge on any atom is 0.410 e. The van der Waals surface area contributed by atoms with Crippen LogP contribution >= 0.6 is 33.9 Å². The monoisotopic (exact) mass is 856 g/mol. The Kier molecular flexibility index (Phi) is 12.5. The molecule has 5 heterocycles. The summed E-state index contributed by atoms with van der Waals surface area (Å²) in [5.74, 6) is 1.06. The van der Waals surface area contributed by atoms with E-state index in [0.29, 0.717) is 31.7 Å². The third-order valence-corrected chi connectivity index (χ3v) is 14.9. The van der Waals surface area contributed by atoms with Crippen LogP contribution in [-0.2, 0) is 14.2 Å². The molecule has 2 fully saturated rings. The summed E-state index contributed by atoms with van der Waals surface area (Å²) in [4.78, 5) is 28.3. The molecule has 2 bridgehead atoms. The van der Waals surface area contributed by atoms with Gasteiger partial charge in [-0.3, -0.25) is 0 Å². The Morgan fingerprint density at radius 2 is 1.62 bits per heavy atom. The number of amides is 1. The van der Waals surface area contributed by atoms with E-state index >= 15 is 0 Å². The normalized spacial score (nSPS) is 20.5. The van der Waals surface area contributed by atoms with Crippen molar-refractivity contribution in [1.82, 2.24) is 24.5 Å². The molecule has 2 saturated heterocycles. The van der Waals surface area contributed by atoms with Gasteiger partial charge in [-0.25, -0.2) is 14.8 Å². The van der Waals surface area contributed by atoms with Crippen LogP contribution in [0.5, 0.6) is 0 Å². The summed E-state index contributed by atoms with van der Waals surface area (Å²) in [5, 5.41) is 15.8. The van der Waals surface area contributed by atoms with Gasteiger partial charge in [0.05, 0.1) is 25.9 Å². The Morgan fingerprint density at radius 1 is 1.04 bits per heavy atom. The third-order valence-electron chi connectivity index (χ3n) is 9.25. The summed E-state index contributed by atoms with van der Waals surface area (Å²) >= 11 is 3.91. The minimum absolute atomic E-state index is 0.108. The molecule has 0 radical (unpaired) electrons. The van der Waals surface area contributed by atoms with Crippen molar-refractivity contribution in [3.63, 3.8) is 0 Å². The number of anilines is 1. The molecule has 278 valence electrons. The van der Waals surface area contributed by atoms with E-state index in [1.165, 1.54) is 11.3 Å². The van der Waals surface area contributed by atoms with Gasteiger partial charge < -0.3 is 29.1 Å². The zero-order valence-electron chi connectivity index (χ0n) is 31.6. The fraction of sp³-hybridized carbons (Fsp3) is 0.714. The summed E-state index contributed by atoms with van der Waals surface area (Å²) in [7, 11) is -2.56. The van der Waals surface area contributed by atoms with E-state index in [0.717, 1.165) is 68.9 Å². The fourth-order valence-electron chi connectivity index (χ4n) is 6.58. The number of piperidine rings is 1. The lowest BCUT2D eigenvalue weighted by atomic mass is 9.88. The number of carbonyl (C=O) groups excluding carboxylic acids is 1. The molecule has 0 aliphatic carbocycles. The van der Waals surface area contributed by atoms with E-state index in [2.05, 4.69) is 71.8 Å². The topological polar surface area (TPSA) is 115 Å². The SMILES string of the molecule is CC(O)c1ncc(-c2cnn3c(N(COCC[Si](C)(C)C)COCC[Si](C)(C)C)c(I)c([C@H]4C[C@H]5CC[C@@H](C4)N5C(=O)OC(C)(C)C)nc23)s1. The predicted molar refractivity (Wildman–Crippen MR) is 215 cm³/mol. The van der Waals surface area contributed by atoms with Gasteiger partial charge in [-0.15, -0.1) is 11.3 Å². The van der Waals surface area contributed by atoms with Crippen LogP contribution in [0.15, 0.2) is 12.4 Å². The van der Waals surface area contributed by atoms with Crippen molar-refractivity contribution in [3.8, 4) is 10.4 Å². The van der Waals surface area contributed by atoms with Gasteiger partial charge in [0.15, 0.2) is 11.5 Å². The molecule has 15 heteroatoms. The highest BCUT2D eigenvalue weighted by Gasteiger charge is 2.46. The molecule has 5 rings (SSSR count). The molecule has 1 amide bonds. The number of nitrogens with zero attached hydrogens (tertiary/aromatic N) is 6. The van der Waals surface area contributed by atoms with E-state index in [-0.39, 0.29) is 24.1 Å². The first-order valence-corrected chi connectivity index (χ1v) is 27.3. The zero-order chi connectivity index (χ0) is 36.6. The van der Waals surface area contributed by atoms with Crippen LogP contribution < -0.4 is 4.90 Å². The van der Waals surface area contributed by atoms with Crippen LogP contribution in [0.1, 0.15) is 76.1 Å². The smallest absolute Gasteiger partial charge is 0.410 e. The number of rotatable bonds is 14. The van der Waals surface area contributed by atoms with Gasteiger partial charge in [-0.05, 0) is 88.1 Å². The molecule has 2 aliphatic rings. The van der Waals surface area contributed by atoms with Crippen molar-refractivity contribution in [2.24, 2.45) is 0 Å². The molecule has 0 aromatic carbocycles. The van der Waals surface area contributed by atoms with Crippen molar-refractivity contribution >= 4 is 67.6 Å². The standard InChI is InChI=1S/C35H57IN6O5SSi2/c1-23(43)32-37-20-28(48-32)27-19-38-42-31(27)39-30(24-17-25-11-12-26(18-24)41(25)34(44)47-35(2,3)4)29(36)33(42)40(21-45-13-15-49(5,6)7)22-46-14-16-50(8,9)10/h19-20,23-26,43H,11-18,21-22H2,1-10H3/t23?,24-,25+,26-. The van der Waals surface area contributed by atoms with Crippen LogP contribution in [0.3, 0.4) is 0 Å². The fourth-order valence-corrected chi connectivity index (χ4v) is 10.1. The van der Waals surface area contributed by atoms with Gasteiger partial charge in [-0.2, -0.15) is 9.61 Å². The Labute approximate surface area is 317 Å². The van der Waals surface area contributed by atoms with E-state index in [1.54, 1.807) is 13.1 Å². The lowest BCUT2D eigenvalue weighted by Crippen LogP contribution is -2.48. The molecule has 0 saturated carbocycles. The van der Waals surface area contributed by atoms with Crippen LogP contribution in [0.25, 0.3) is 16.1 Å². The first-order chi connectivity index (χ1) is 23.3. The molecule has 2 aliphatic heterocycles. The van der Waals surface area contributed by atoms with E-state index in [1.807, 2.05) is 36.4 Å². The zero-order valence-corrected chi connectivity index (χ0v) is 36.6. The van der Waals surface area contributed by atoms with Crippen molar-refractivity contribution in [2.75, 3.05) is 31.6 Å². The minimum Gasteiger partial charge on any atom is -0.444 e. The van der Waals surface area contributed by atoms with E-state index in [4.69, 9.17) is 24.3 Å². The van der Waals surface area contributed by atoms with E-state index < -0.39 is 27.9 Å². The van der Waals surface area contributed by atoms with Gasteiger partial charge in [0.2, 0.25) is 0 Å². The maximum atomic E-state index is 13.3. The van der Waals surface area contributed by atoms with Gasteiger partial charge in [0.1, 0.15) is 30.2 Å². The highest BCUT2D eigenvalue weighted by atomic mass is 127. The number of carbonyl (C=O) groups is 1. The molecule has 3 aromatic rings. The average molecular weight is 857 g/mol. The van der Waals surface area contributed by atoms with Gasteiger partial charge >= 0.3 is 6.09 Å². The number of halogens is 1. The van der Waals surface area contributed by atoms with Crippen molar-refractivity contribution in [1.29, 1.82) is 0 Å². The number of thiazole rings is 1. The molecule has 11 nitrogen and oxygen atoms in total. The lowest BCUT2D eigenvalue weighted by molar-refractivity contribution is 0.00565. The van der Waals surface area contributed by atoms with Gasteiger partial charge in [-0.1, -0.05) is 39.3 Å². The van der Waals surface area contributed by atoms with Crippen molar-refractivity contribution < 1.29 is 24.1 Å².